The molecule has 1 N–H and O–H groups in total. The number of hydrogen-bond acceptors (Lipinski definition) is 4. The van der Waals surface area contributed by atoms with E-state index in [1.807, 2.05) is 4.68 Å². The number of thiophene rings is 1. The lowest BCUT2D eigenvalue weighted by Crippen LogP contribution is -2.26. The standard InChI is InChI=1S/C14H19BrClN3OS/c1-3-4-17-13(12-7-10(15)9-21-12)14-11(16)8-18-19(14)5-6-20-2/h7-9,13,17H,3-6H2,1-2H3. The van der Waals surface area contributed by atoms with Gasteiger partial charge in [0.2, 0.25) is 0 Å². The Morgan fingerprint density at radius 3 is 3.00 bits per heavy atom. The molecule has 0 saturated heterocycles. The van der Waals surface area contributed by atoms with Crippen molar-refractivity contribution < 1.29 is 4.74 Å². The molecule has 0 aromatic carbocycles. The first-order valence-corrected chi connectivity index (χ1v) is 8.89. The predicted molar refractivity (Wildman–Crippen MR) is 91.3 cm³/mol. The average Bonchev–Trinajstić information content (AvgIpc) is 3.05. The van der Waals surface area contributed by atoms with Crippen molar-refractivity contribution in [2.24, 2.45) is 0 Å². The number of halogens is 2. The van der Waals surface area contributed by atoms with Crippen molar-refractivity contribution in [2.75, 3.05) is 20.3 Å². The minimum absolute atomic E-state index is 0.0492. The monoisotopic (exact) mass is 391 g/mol. The van der Waals surface area contributed by atoms with Crippen LogP contribution in [-0.4, -0.2) is 30.0 Å². The molecule has 0 aliphatic heterocycles. The molecule has 0 amide bonds. The Morgan fingerprint density at radius 2 is 2.38 bits per heavy atom. The molecular formula is C14H19BrClN3OS. The lowest BCUT2D eigenvalue weighted by atomic mass is 10.1. The number of ether oxygens (including phenoxy) is 1. The van der Waals surface area contributed by atoms with Gasteiger partial charge in [0.25, 0.3) is 0 Å². The van der Waals surface area contributed by atoms with Crippen LogP contribution in [0.25, 0.3) is 0 Å². The molecule has 21 heavy (non-hydrogen) atoms. The summed E-state index contributed by atoms with van der Waals surface area (Å²) in [5.41, 5.74) is 0.997. The molecule has 0 saturated carbocycles. The molecule has 1 unspecified atom stereocenters. The van der Waals surface area contributed by atoms with Gasteiger partial charge in [-0.2, -0.15) is 5.10 Å². The smallest absolute Gasteiger partial charge is 0.0857 e. The Labute approximate surface area is 142 Å². The van der Waals surface area contributed by atoms with Crippen LogP contribution < -0.4 is 5.32 Å². The second-order valence-electron chi connectivity index (χ2n) is 4.65. The highest BCUT2D eigenvalue weighted by Crippen LogP contribution is 2.33. The predicted octanol–water partition coefficient (Wildman–Crippen LogP) is 4.10. The fourth-order valence-electron chi connectivity index (χ4n) is 2.12. The summed E-state index contributed by atoms with van der Waals surface area (Å²) < 4.78 is 8.16. The van der Waals surface area contributed by atoms with Gasteiger partial charge in [0.15, 0.2) is 0 Å². The third kappa shape index (κ3) is 4.29. The summed E-state index contributed by atoms with van der Waals surface area (Å²) in [5, 5.41) is 10.7. The summed E-state index contributed by atoms with van der Waals surface area (Å²) >= 11 is 11.6. The highest BCUT2D eigenvalue weighted by molar-refractivity contribution is 9.10. The Morgan fingerprint density at radius 1 is 1.57 bits per heavy atom. The van der Waals surface area contributed by atoms with Crippen LogP contribution >= 0.6 is 38.9 Å². The first kappa shape index (κ1) is 17.0. The van der Waals surface area contributed by atoms with Gasteiger partial charge in [-0.25, -0.2) is 0 Å². The van der Waals surface area contributed by atoms with Gasteiger partial charge in [0.05, 0.1) is 36.1 Å². The molecule has 2 heterocycles. The molecule has 2 aromatic heterocycles. The van der Waals surface area contributed by atoms with Crippen molar-refractivity contribution >= 4 is 38.9 Å². The van der Waals surface area contributed by atoms with Crippen LogP contribution in [0.1, 0.15) is 30.0 Å². The molecule has 0 aliphatic carbocycles. The summed E-state index contributed by atoms with van der Waals surface area (Å²) in [6.45, 7) is 4.37. The quantitative estimate of drug-likeness (QED) is 0.735. The van der Waals surface area contributed by atoms with E-state index in [-0.39, 0.29) is 6.04 Å². The number of nitrogens with zero attached hydrogens (tertiary/aromatic N) is 2. The maximum atomic E-state index is 6.38. The van der Waals surface area contributed by atoms with Crippen molar-refractivity contribution in [2.45, 2.75) is 25.9 Å². The molecule has 0 spiro atoms. The third-order valence-corrected chi connectivity index (χ3v) is 5.13. The number of methoxy groups -OCH3 is 1. The SMILES string of the molecule is CCCNC(c1cc(Br)cs1)c1c(Cl)cnn1CCOC. The van der Waals surface area contributed by atoms with Gasteiger partial charge in [0, 0.05) is 21.8 Å². The molecule has 4 nitrogen and oxygen atoms in total. The van der Waals surface area contributed by atoms with E-state index in [1.165, 1.54) is 4.88 Å². The van der Waals surface area contributed by atoms with Crippen LogP contribution in [0.2, 0.25) is 5.02 Å². The van der Waals surface area contributed by atoms with Crippen molar-refractivity contribution in [3.63, 3.8) is 0 Å². The van der Waals surface area contributed by atoms with Gasteiger partial charge in [-0.05, 0) is 35.0 Å². The summed E-state index contributed by atoms with van der Waals surface area (Å²) in [4.78, 5) is 1.22. The van der Waals surface area contributed by atoms with E-state index in [0.29, 0.717) is 18.2 Å². The first-order valence-electron chi connectivity index (χ1n) is 6.84. The van der Waals surface area contributed by atoms with Gasteiger partial charge in [-0.15, -0.1) is 11.3 Å². The largest absolute Gasteiger partial charge is 0.383 e. The van der Waals surface area contributed by atoms with E-state index in [1.54, 1.807) is 24.6 Å². The van der Waals surface area contributed by atoms with Gasteiger partial charge in [-0.1, -0.05) is 18.5 Å². The van der Waals surface area contributed by atoms with E-state index >= 15 is 0 Å². The van der Waals surface area contributed by atoms with Crippen LogP contribution in [0.5, 0.6) is 0 Å². The minimum atomic E-state index is 0.0492. The zero-order chi connectivity index (χ0) is 15.2. The highest BCUT2D eigenvalue weighted by atomic mass is 79.9. The summed E-state index contributed by atoms with van der Waals surface area (Å²) in [6.07, 6.45) is 2.77. The van der Waals surface area contributed by atoms with E-state index in [2.05, 4.69) is 44.7 Å². The molecule has 2 aromatic rings. The normalized spacial score (nSPS) is 12.8. The van der Waals surface area contributed by atoms with Crippen LogP contribution in [0.4, 0.5) is 0 Å². The Hall–Kier alpha value is -0.400. The highest BCUT2D eigenvalue weighted by Gasteiger charge is 2.23. The maximum absolute atomic E-state index is 6.38. The number of hydrogen-bond donors (Lipinski definition) is 1. The van der Waals surface area contributed by atoms with Crippen LogP contribution in [0, 0.1) is 0 Å². The van der Waals surface area contributed by atoms with Crippen LogP contribution in [-0.2, 0) is 11.3 Å². The molecule has 0 aliphatic rings. The second-order valence-corrected chi connectivity index (χ2v) is 6.91. The summed E-state index contributed by atoms with van der Waals surface area (Å²) in [7, 11) is 1.69. The minimum Gasteiger partial charge on any atom is -0.383 e. The molecule has 0 bridgehead atoms. The first-order chi connectivity index (χ1) is 10.2. The summed E-state index contributed by atoms with van der Waals surface area (Å²) in [6, 6.07) is 2.18. The van der Waals surface area contributed by atoms with E-state index < -0.39 is 0 Å². The number of nitrogens with one attached hydrogen (secondary N) is 1. The maximum Gasteiger partial charge on any atom is 0.0857 e. The molecule has 0 radical (unpaired) electrons. The lowest BCUT2D eigenvalue weighted by Gasteiger charge is -2.19. The Kier molecular flexibility index (Phi) is 6.70. The third-order valence-electron chi connectivity index (χ3n) is 3.08. The molecule has 1 atom stereocenters. The average molecular weight is 393 g/mol. The number of aromatic nitrogens is 2. The van der Waals surface area contributed by atoms with Gasteiger partial charge in [0.1, 0.15) is 0 Å². The molecule has 7 heteroatoms. The van der Waals surface area contributed by atoms with Gasteiger partial charge >= 0.3 is 0 Å². The zero-order valence-electron chi connectivity index (χ0n) is 12.1. The lowest BCUT2D eigenvalue weighted by molar-refractivity contribution is 0.182. The molecule has 0 fully saturated rings. The van der Waals surface area contributed by atoms with Crippen LogP contribution in [0.15, 0.2) is 22.1 Å². The fraction of sp³-hybridized carbons (Fsp3) is 0.500. The van der Waals surface area contributed by atoms with Crippen LogP contribution in [0.3, 0.4) is 0 Å². The second kappa shape index (κ2) is 8.29. The van der Waals surface area contributed by atoms with E-state index in [9.17, 15) is 0 Å². The van der Waals surface area contributed by atoms with Crippen molar-refractivity contribution in [3.8, 4) is 0 Å². The van der Waals surface area contributed by atoms with Crippen molar-refractivity contribution in [1.82, 2.24) is 15.1 Å². The molecular weight excluding hydrogens is 374 g/mol. The molecule has 2 rings (SSSR count). The van der Waals surface area contributed by atoms with Crippen molar-refractivity contribution in [3.05, 3.63) is 37.7 Å². The van der Waals surface area contributed by atoms with E-state index in [0.717, 1.165) is 23.1 Å². The number of rotatable bonds is 8. The van der Waals surface area contributed by atoms with E-state index in [4.69, 9.17) is 16.3 Å². The van der Waals surface area contributed by atoms with Crippen molar-refractivity contribution in [1.29, 1.82) is 0 Å². The Balaban J connectivity index is 2.33. The van der Waals surface area contributed by atoms with Gasteiger partial charge < -0.3 is 10.1 Å². The zero-order valence-corrected chi connectivity index (χ0v) is 15.3. The fourth-order valence-corrected chi connectivity index (χ4v) is 3.89. The van der Waals surface area contributed by atoms with Gasteiger partial charge in [-0.3, -0.25) is 4.68 Å². The Bertz CT molecular complexity index is 572. The topological polar surface area (TPSA) is 39.1 Å². The molecule has 116 valence electrons. The summed E-state index contributed by atoms with van der Waals surface area (Å²) in [5.74, 6) is 0.